The zero-order valence-electron chi connectivity index (χ0n) is 17.5. The number of carbonyl (C=O) groups excluding carboxylic acids is 2. The van der Waals surface area contributed by atoms with E-state index in [1.54, 1.807) is 18.2 Å². The predicted octanol–water partition coefficient (Wildman–Crippen LogP) is 5.57. The molecule has 0 aliphatic carbocycles. The number of H-pyrrole nitrogens is 2. The Morgan fingerprint density at radius 2 is 1.19 bits per heavy atom. The second-order valence-corrected chi connectivity index (χ2v) is 8.38. The van der Waals surface area contributed by atoms with Crippen LogP contribution in [0.15, 0.2) is 48.8 Å². The van der Waals surface area contributed by atoms with Gasteiger partial charge in [0.05, 0.1) is 12.4 Å². The first-order valence-corrected chi connectivity index (χ1v) is 10.7. The fourth-order valence-corrected chi connectivity index (χ4v) is 4.04. The first kappa shape index (κ1) is 22.0. The van der Waals surface area contributed by atoms with Crippen LogP contribution >= 0.6 is 23.2 Å². The van der Waals surface area contributed by atoms with Crippen molar-refractivity contribution in [3.05, 3.63) is 92.5 Å². The largest absolute Gasteiger partial charge is 0.333 e. The van der Waals surface area contributed by atoms with Gasteiger partial charge in [0.1, 0.15) is 11.4 Å². The topological polar surface area (TPSA) is 91.5 Å². The maximum Gasteiger partial charge on any atom is 0.185 e. The second-order valence-electron chi connectivity index (χ2n) is 7.56. The Morgan fingerprint density at radius 3 is 1.69 bits per heavy atom. The number of Topliss-reactive ketones (excluding diaryl/α,β-unsaturated/α-hetero) is 2. The molecule has 2 heterocycles. The number of imidazole rings is 2. The molecule has 0 fully saturated rings. The summed E-state index contributed by atoms with van der Waals surface area (Å²) in [4.78, 5) is 39.9. The summed E-state index contributed by atoms with van der Waals surface area (Å²) in [5.74, 6) is 0.461. The van der Waals surface area contributed by atoms with Crippen molar-refractivity contribution in [2.45, 2.75) is 26.7 Å². The monoisotopic (exact) mass is 466 g/mol. The minimum atomic E-state index is -0.211. The highest BCUT2D eigenvalue weighted by atomic mass is 35.5. The Balaban J connectivity index is 1.49. The van der Waals surface area contributed by atoms with Gasteiger partial charge in [0.2, 0.25) is 0 Å². The maximum absolute atomic E-state index is 12.8. The standard InChI is InChI=1S/C24H20Cl2N4O2/c1-13-5-3-6-14(2)15(13)9-21(31)19-11-27-23(29-19)24-28-12-20(30-24)22(32)10-16-17(25)7-4-8-18(16)26/h3-8,11-12H,9-10H2,1-2H3,(H,27,29)(H,28,30). The summed E-state index contributed by atoms with van der Waals surface area (Å²) in [7, 11) is 0. The van der Waals surface area contributed by atoms with Crippen LogP contribution in [0.3, 0.4) is 0 Å². The molecular formula is C24H20Cl2N4O2. The molecule has 8 heteroatoms. The lowest BCUT2D eigenvalue weighted by Gasteiger charge is -2.07. The van der Waals surface area contributed by atoms with E-state index >= 15 is 0 Å². The van der Waals surface area contributed by atoms with Gasteiger partial charge in [-0.15, -0.1) is 0 Å². The van der Waals surface area contributed by atoms with Gasteiger partial charge >= 0.3 is 0 Å². The Labute approximate surface area is 195 Å². The number of nitrogens with zero attached hydrogens (tertiary/aromatic N) is 2. The van der Waals surface area contributed by atoms with Gasteiger partial charge in [-0.3, -0.25) is 9.59 Å². The molecule has 0 amide bonds. The minimum Gasteiger partial charge on any atom is -0.333 e. The molecule has 6 nitrogen and oxygen atoms in total. The smallest absolute Gasteiger partial charge is 0.185 e. The lowest BCUT2D eigenvalue weighted by molar-refractivity contribution is 0.0980. The Hall–Kier alpha value is -3.22. The third-order valence-corrected chi connectivity index (χ3v) is 6.07. The summed E-state index contributed by atoms with van der Waals surface area (Å²) >= 11 is 12.3. The summed E-state index contributed by atoms with van der Waals surface area (Å²) < 4.78 is 0. The number of rotatable bonds is 7. The van der Waals surface area contributed by atoms with Crippen LogP contribution in [0.5, 0.6) is 0 Å². The summed E-state index contributed by atoms with van der Waals surface area (Å²) in [6, 6.07) is 11.1. The zero-order chi connectivity index (χ0) is 22.8. The highest BCUT2D eigenvalue weighted by Crippen LogP contribution is 2.26. The number of hydrogen-bond donors (Lipinski definition) is 2. The average Bonchev–Trinajstić information content (AvgIpc) is 3.43. The number of aryl methyl sites for hydroxylation is 2. The fourth-order valence-electron chi connectivity index (χ4n) is 3.51. The van der Waals surface area contributed by atoms with E-state index in [0.717, 1.165) is 16.7 Å². The molecule has 0 atom stereocenters. The van der Waals surface area contributed by atoms with Crippen molar-refractivity contribution >= 4 is 34.8 Å². The molecule has 0 saturated heterocycles. The Kier molecular flexibility index (Phi) is 6.26. The lowest BCUT2D eigenvalue weighted by Crippen LogP contribution is -2.07. The molecule has 0 bridgehead atoms. The van der Waals surface area contributed by atoms with Crippen molar-refractivity contribution in [2.75, 3.05) is 0 Å². The summed E-state index contributed by atoms with van der Waals surface area (Å²) in [5, 5.41) is 0.868. The van der Waals surface area contributed by atoms with E-state index in [1.807, 2.05) is 32.0 Å². The average molecular weight is 467 g/mol. The van der Waals surface area contributed by atoms with Gasteiger partial charge in [0.15, 0.2) is 23.2 Å². The second kappa shape index (κ2) is 9.10. The summed E-state index contributed by atoms with van der Waals surface area (Å²) in [6.45, 7) is 3.98. The molecule has 0 aliphatic heterocycles. The van der Waals surface area contributed by atoms with Crippen LogP contribution in [-0.2, 0) is 12.8 Å². The van der Waals surface area contributed by atoms with Crippen molar-refractivity contribution in [3.8, 4) is 11.6 Å². The highest BCUT2D eigenvalue weighted by molar-refractivity contribution is 6.36. The van der Waals surface area contributed by atoms with Gasteiger partial charge in [0, 0.05) is 22.9 Å². The van der Waals surface area contributed by atoms with Crippen LogP contribution in [0.4, 0.5) is 0 Å². The molecule has 4 rings (SSSR count). The van der Waals surface area contributed by atoms with Gasteiger partial charge < -0.3 is 9.97 Å². The van der Waals surface area contributed by atoms with Crippen molar-refractivity contribution in [2.24, 2.45) is 0 Å². The van der Waals surface area contributed by atoms with Crippen molar-refractivity contribution < 1.29 is 9.59 Å². The quantitative estimate of drug-likeness (QED) is 0.348. The van der Waals surface area contributed by atoms with E-state index in [2.05, 4.69) is 19.9 Å². The normalized spacial score (nSPS) is 11.0. The van der Waals surface area contributed by atoms with Crippen LogP contribution in [0.1, 0.15) is 43.2 Å². The molecule has 0 unspecified atom stereocenters. The number of ketones is 2. The number of aromatic nitrogens is 4. The van der Waals surface area contributed by atoms with Crippen LogP contribution in [0.2, 0.25) is 10.0 Å². The van der Waals surface area contributed by atoms with E-state index in [9.17, 15) is 9.59 Å². The molecule has 2 N–H and O–H groups in total. The Bertz CT molecular complexity index is 1180. The minimum absolute atomic E-state index is 0.0395. The fraction of sp³-hybridized carbons (Fsp3) is 0.167. The van der Waals surface area contributed by atoms with Crippen molar-refractivity contribution in [1.82, 2.24) is 19.9 Å². The first-order valence-electron chi connectivity index (χ1n) is 9.98. The van der Waals surface area contributed by atoms with Crippen LogP contribution in [0.25, 0.3) is 11.6 Å². The van der Waals surface area contributed by atoms with E-state index in [1.165, 1.54) is 12.4 Å². The van der Waals surface area contributed by atoms with Crippen LogP contribution < -0.4 is 0 Å². The van der Waals surface area contributed by atoms with Gasteiger partial charge in [0.25, 0.3) is 0 Å². The molecule has 0 spiro atoms. The van der Waals surface area contributed by atoms with Crippen molar-refractivity contribution in [3.63, 3.8) is 0 Å². The third-order valence-electron chi connectivity index (χ3n) is 5.36. The third kappa shape index (κ3) is 4.52. The molecule has 4 aromatic rings. The van der Waals surface area contributed by atoms with Crippen LogP contribution in [0, 0.1) is 13.8 Å². The zero-order valence-corrected chi connectivity index (χ0v) is 19.0. The number of halogens is 2. The molecule has 2 aromatic carbocycles. The SMILES string of the molecule is Cc1cccc(C)c1CC(=O)c1cnc(-c2ncc(C(=O)Cc3c(Cl)cccc3Cl)[nH]2)[nH]1. The molecule has 0 aliphatic rings. The molecule has 162 valence electrons. The molecule has 0 saturated carbocycles. The van der Waals surface area contributed by atoms with E-state index in [4.69, 9.17) is 23.2 Å². The maximum atomic E-state index is 12.8. The van der Waals surface area contributed by atoms with E-state index in [0.29, 0.717) is 38.6 Å². The number of nitrogens with one attached hydrogen (secondary N) is 2. The number of benzene rings is 2. The van der Waals surface area contributed by atoms with Gasteiger partial charge in [-0.2, -0.15) is 0 Å². The number of aromatic amines is 2. The molecule has 0 radical (unpaired) electrons. The highest BCUT2D eigenvalue weighted by Gasteiger charge is 2.18. The number of carbonyl (C=O) groups is 2. The van der Waals surface area contributed by atoms with Gasteiger partial charge in [-0.1, -0.05) is 47.5 Å². The lowest BCUT2D eigenvalue weighted by atomic mass is 9.97. The molecular weight excluding hydrogens is 447 g/mol. The van der Waals surface area contributed by atoms with Gasteiger partial charge in [-0.05, 0) is 48.2 Å². The predicted molar refractivity (Wildman–Crippen MR) is 125 cm³/mol. The van der Waals surface area contributed by atoms with Crippen LogP contribution in [-0.4, -0.2) is 31.5 Å². The summed E-state index contributed by atoms with van der Waals surface area (Å²) in [6.07, 6.45) is 3.24. The molecule has 2 aromatic heterocycles. The molecule has 32 heavy (non-hydrogen) atoms. The first-order chi connectivity index (χ1) is 15.3. The Morgan fingerprint density at radius 1 is 0.750 bits per heavy atom. The van der Waals surface area contributed by atoms with E-state index < -0.39 is 0 Å². The van der Waals surface area contributed by atoms with Gasteiger partial charge in [-0.25, -0.2) is 9.97 Å². The van der Waals surface area contributed by atoms with Crippen molar-refractivity contribution in [1.29, 1.82) is 0 Å². The van der Waals surface area contributed by atoms with E-state index in [-0.39, 0.29) is 24.4 Å². The number of hydrogen-bond acceptors (Lipinski definition) is 4. The summed E-state index contributed by atoms with van der Waals surface area (Å²) in [5.41, 5.74) is 4.41.